The van der Waals surface area contributed by atoms with Crippen LogP contribution in [0.15, 0.2) is 18.2 Å². The molecule has 1 aliphatic carbocycles. The molecule has 0 heterocycles. The third-order valence-electron chi connectivity index (χ3n) is 3.47. The van der Waals surface area contributed by atoms with Gasteiger partial charge in [-0.3, -0.25) is 0 Å². The summed E-state index contributed by atoms with van der Waals surface area (Å²) in [5, 5.41) is 0.523. The minimum absolute atomic E-state index is 0.359. The molecule has 1 fully saturated rings. The number of halogens is 1. The molecule has 0 radical (unpaired) electrons. The van der Waals surface area contributed by atoms with E-state index in [1.54, 1.807) is 18.2 Å². The zero-order valence-electron chi connectivity index (χ0n) is 10.3. The van der Waals surface area contributed by atoms with Crippen molar-refractivity contribution in [1.82, 2.24) is 0 Å². The van der Waals surface area contributed by atoms with Gasteiger partial charge in [0.2, 0.25) is 0 Å². The topological polar surface area (TPSA) is 52.3 Å². The fourth-order valence-electron chi connectivity index (χ4n) is 2.41. The van der Waals surface area contributed by atoms with Gasteiger partial charge in [-0.05, 0) is 30.5 Å². The summed E-state index contributed by atoms with van der Waals surface area (Å²) in [4.78, 5) is 11.8. The Morgan fingerprint density at radius 2 is 2.11 bits per heavy atom. The van der Waals surface area contributed by atoms with Crippen molar-refractivity contribution in [2.24, 2.45) is 5.92 Å². The summed E-state index contributed by atoms with van der Waals surface area (Å²) in [6.07, 6.45) is 6.10. The molecule has 18 heavy (non-hydrogen) atoms. The first-order valence-corrected chi connectivity index (χ1v) is 6.77. The van der Waals surface area contributed by atoms with E-state index in [-0.39, 0.29) is 5.97 Å². The summed E-state index contributed by atoms with van der Waals surface area (Å²) >= 11 is 5.78. The van der Waals surface area contributed by atoms with E-state index in [0.717, 1.165) is 12.3 Å². The van der Waals surface area contributed by atoms with Crippen LogP contribution >= 0.6 is 11.6 Å². The van der Waals surface area contributed by atoms with Gasteiger partial charge in [-0.15, -0.1) is 0 Å². The molecule has 0 saturated heterocycles. The van der Waals surface area contributed by atoms with Gasteiger partial charge in [0.15, 0.2) is 0 Å². The molecule has 4 heteroatoms. The van der Waals surface area contributed by atoms with Crippen molar-refractivity contribution in [3.8, 4) is 0 Å². The van der Waals surface area contributed by atoms with Crippen LogP contribution in [0.5, 0.6) is 0 Å². The lowest BCUT2D eigenvalue weighted by Crippen LogP contribution is -2.11. The number of anilines is 1. The van der Waals surface area contributed by atoms with Gasteiger partial charge < -0.3 is 10.5 Å². The Labute approximate surface area is 112 Å². The Morgan fingerprint density at radius 1 is 1.39 bits per heavy atom. The molecule has 2 rings (SSSR count). The van der Waals surface area contributed by atoms with Crippen LogP contribution in [0, 0.1) is 5.92 Å². The van der Waals surface area contributed by atoms with Crippen LogP contribution in [0.25, 0.3) is 0 Å². The maximum Gasteiger partial charge on any atom is 0.340 e. The van der Waals surface area contributed by atoms with Crippen molar-refractivity contribution in [1.29, 1.82) is 0 Å². The number of rotatable bonds is 4. The fourth-order valence-corrected chi connectivity index (χ4v) is 2.60. The number of carbonyl (C=O) groups excluding carboxylic acids is 1. The molecular formula is C14H18ClNO2. The van der Waals surface area contributed by atoms with E-state index in [1.165, 1.54) is 25.7 Å². The van der Waals surface area contributed by atoms with Crippen LogP contribution < -0.4 is 5.73 Å². The third-order valence-corrected chi connectivity index (χ3v) is 3.70. The predicted molar refractivity (Wildman–Crippen MR) is 72.7 cm³/mol. The highest BCUT2D eigenvalue weighted by molar-refractivity contribution is 6.31. The first kappa shape index (κ1) is 13.2. The summed E-state index contributed by atoms with van der Waals surface area (Å²) in [7, 11) is 0. The lowest BCUT2D eigenvalue weighted by molar-refractivity contribution is 0.0485. The SMILES string of the molecule is Nc1cc(Cl)ccc1C(=O)OCCC1CCCC1. The quantitative estimate of drug-likeness (QED) is 0.669. The Balaban J connectivity index is 1.83. The zero-order chi connectivity index (χ0) is 13.0. The molecule has 0 atom stereocenters. The average Bonchev–Trinajstić information content (AvgIpc) is 2.81. The Morgan fingerprint density at radius 3 is 2.78 bits per heavy atom. The van der Waals surface area contributed by atoms with Crippen molar-refractivity contribution in [2.45, 2.75) is 32.1 Å². The molecule has 1 saturated carbocycles. The maximum atomic E-state index is 11.8. The average molecular weight is 268 g/mol. The van der Waals surface area contributed by atoms with E-state index in [0.29, 0.717) is 22.9 Å². The van der Waals surface area contributed by atoms with E-state index >= 15 is 0 Å². The highest BCUT2D eigenvalue weighted by atomic mass is 35.5. The normalized spacial score (nSPS) is 15.8. The highest BCUT2D eigenvalue weighted by Gasteiger charge is 2.16. The van der Waals surface area contributed by atoms with Crippen molar-refractivity contribution < 1.29 is 9.53 Å². The van der Waals surface area contributed by atoms with Crippen LogP contribution in [0.1, 0.15) is 42.5 Å². The van der Waals surface area contributed by atoms with Crippen molar-refractivity contribution in [3.63, 3.8) is 0 Å². The van der Waals surface area contributed by atoms with Crippen LogP contribution in [0.3, 0.4) is 0 Å². The molecule has 0 aliphatic heterocycles. The number of ether oxygens (including phenoxy) is 1. The molecule has 0 spiro atoms. The van der Waals surface area contributed by atoms with Crippen molar-refractivity contribution in [3.05, 3.63) is 28.8 Å². The van der Waals surface area contributed by atoms with Gasteiger partial charge in [0, 0.05) is 10.7 Å². The van der Waals surface area contributed by atoms with Gasteiger partial charge in [-0.25, -0.2) is 4.79 Å². The number of nitrogens with two attached hydrogens (primary N) is 1. The van der Waals surface area contributed by atoms with Crippen LogP contribution in [0.4, 0.5) is 5.69 Å². The molecule has 0 amide bonds. The highest BCUT2D eigenvalue weighted by Crippen LogP contribution is 2.27. The molecule has 0 aromatic heterocycles. The lowest BCUT2D eigenvalue weighted by Gasteiger charge is -2.10. The fraction of sp³-hybridized carbons (Fsp3) is 0.500. The lowest BCUT2D eigenvalue weighted by atomic mass is 10.1. The number of esters is 1. The number of carbonyl (C=O) groups is 1. The summed E-state index contributed by atoms with van der Waals surface area (Å²) in [5.74, 6) is 0.363. The van der Waals surface area contributed by atoms with Gasteiger partial charge in [0.05, 0.1) is 12.2 Å². The third kappa shape index (κ3) is 3.39. The van der Waals surface area contributed by atoms with Crippen LogP contribution in [-0.2, 0) is 4.74 Å². The second-order valence-corrected chi connectivity index (χ2v) is 5.24. The molecule has 0 unspecified atom stereocenters. The Bertz CT molecular complexity index is 428. The van der Waals surface area contributed by atoms with Gasteiger partial charge in [-0.1, -0.05) is 37.3 Å². The van der Waals surface area contributed by atoms with Crippen molar-refractivity contribution >= 4 is 23.3 Å². The van der Waals surface area contributed by atoms with Crippen LogP contribution in [0.2, 0.25) is 5.02 Å². The standard InChI is InChI=1S/C14H18ClNO2/c15-11-5-6-12(13(16)9-11)14(17)18-8-7-10-3-1-2-4-10/h5-6,9-10H,1-4,7-8,16H2. The Hall–Kier alpha value is -1.22. The molecule has 1 aliphatic rings. The van der Waals surface area contributed by atoms with Gasteiger partial charge in [-0.2, -0.15) is 0 Å². The van der Waals surface area contributed by atoms with E-state index in [4.69, 9.17) is 22.1 Å². The first-order valence-electron chi connectivity index (χ1n) is 6.39. The number of benzene rings is 1. The van der Waals surface area contributed by atoms with Crippen LogP contribution in [-0.4, -0.2) is 12.6 Å². The number of hydrogen-bond donors (Lipinski definition) is 1. The molecule has 98 valence electrons. The first-order chi connectivity index (χ1) is 8.66. The summed E-state index contributed by atoms with van der Waals surface area (Å²) in [6.45, 7) is 0.478. The number of nitrogen functional groups attached to an aromatic ring is 1. The van der Waals surface area contributed by atoms with Crippen molar-refractivity contribution in [2.75, 3.05) is 12.3 Å². The smallest absolute Gasteiger partial charge is 0.340 e. The largest absolute Gasteiger partial charge is 0.462 e. The summed E-state index contributed by atoms with van der Waals surface area (Å²) in [5.41, 5.74) is 6.49. The zero-order valence-corrected chi connectivity index (χ0v) is 11.1. The maximum absolute atomic E-state index is 11.8. The molecule has 1 aromatic carbocycles. The minimum atomic E-state index is -0.359. The van der Waals surface area contributed by atoms with E-state index in [2.05, 4.69) is 0 Å². The van der Waals surface area contributed by atoms with E-state index in [9.17, 15) is 4.79 Å². The summed E-state index contributed by atoms with van der Waals surface area (Å²) in [6, 6.07) is 4.82. The Kier molecular flexibility index (Phi) is 4.48. The molecular weight excluding hydrogens is 250 g/mol. The van der Waals surface area contributed by atoms with E-state index in [1.807, 2.05) is 0 Å². The monoisotopic (exact) mass is 267 g/mol. The molecule has 1 aromatic rings. The molecule has 2 N–H and O–H groups in total. The van der Waals surface area contributed by atoms with Gasteiger partial charge in [0.1, 0.15) is 0 Å². The second-order valence-electron chi connectivity index (χ2n) is 4.81. The van der Waals surface area contributed by atoms with E-state index < -0.39 is 0 Å². The predicted octanol–water partition coefficient (Wildman–Crippen LogP) is 3.66. The van der Waals surface area contributed by atoms with Gasteiger partial charge in [0.25, 0.3) is 0 Å². The second kappa shape index (κ2) is 6.10. The number of hydrogen-bond acceptors (Lipinski definition) is 3. The molecule has 3 nitrogen and oxygen atoms in total. The summed E-state index contributed by atoms with van der Waals surface area (Å²) < 4.78 is 5.25. The molecule has 0 bridgehead atoms. The van der Waals surface area contributed by atoms with Gasteiger partial charge >= 0.3 is 5.97 Å². The minimum Gasteiger partial charge on any atom is -0.462 e.